The summed E-state index contributed by atoms with van der Waals surface area (Å²) in [5.74, 6) is 0.949. The van der Waals surface area contributed by atoms with Crippen LogP contribution < -0.4 is 23.7 Å². The van der Waals surface area contributed by atoms with E-state index < -0.39 is 27.5 Å². The predicted molar refractivity (Wildman–Crippen MR) is 155 cm³/mol. The van der Waals surface area contributed by atoms with Crippen molar-refractivity contribution in [2.45, 2.75) is 63.1 Å². The number of carbonyl (C=O) groups excluding carboxylic acids is 1. The van der Waals surface area contributed by atoms with Gasteiger partial charge in [0, 0.05) is 5.33 Å². The van der Waals surface area contributed by atoms with Crippen LogP contribution in [0.2, 0.25) is 0 Å². The van der Waals surface area contributed by atoms with Gasteiger partial charge in [-0.15, -0.1) is 0 Å². The highest BCUT2D eigenvalue weighted by molar-refractivity contribution is 9.09. The summed E-state index contributed by atoms with van der Waals surface area (Å²) in [6, 6.07) is 7.08. The smallest absolute Gasteiger partial charge is 0.203 e. The van der Waals surface area contributed by atoms with Crippen molar-refractivity contribution in [3.8, 4) is 28.7 Å². The van der Waals surface area contributed by atoms with Crippen LogP contribution in [-0.4, -0.2) is 59.8 Å². The van der Waals surface area contributed by atoms with E-state index >= 15 is 0 Å². The average molecular weight is 644 g/mol. The van der Waals surface area contributed by atoms with E-state index in [9.17, 15) is 13.2 Å². The Morgan fingerprint density at radius 3 is 2.00 bits per heavy atom. The number of rotatable bonds is 16. The molecule has 0 aliphatic carbocycles. The molecule has 0 unspecified atom stereocenters. The van der Waals surface area contributed by atoms with Gasteiger partial charge in [0.05, 0.1) is 46.8 Å². The molecule has 1 saturated heterocycles. The first-order valence-corrected chi connectivity index (χ1v) is 16.1. The molecule has 1 fully saturated rings. The van der Waals surface area contributed by atoms with Gasteiger partial charge in [0.2, 0.25) is 5.75 Å². The minimum atomic E-state index is -3.99. The largest absolute Gasteiger partial charge is 0.493 e. The molecule has 0 spiro atoms. The first kappa shape index (κ1) is 32.0. The van der Waals surface area contributed by atoms with Crippen molar-refractivity contribution in [3.05, 3.63) is 35.4 Å². The average Bonchev–Trinajstić information content (AvgIpc) is 3.43. The molecule has 1 heterocycles. The summed E-state index contributed by atoms with van der Waals surface area (Å²) in [6.07, 6.45) is 3.01. The van der Waals surface area contributed by atoms with Crippen LogP contribution in [0.5, 0.6) is 28.7 Å². The summed E-state index contributed by atoms with van der Waals surface area (Å²) in [5, 5.41) is 0.839. The number of unbranched alkanes of at least 4 members (excludes halogenated alkanes) is 1. The lowest BCUT2D eigenvalue weighted by Crippen LogP contribution is -2.16. The van der Waals surface area contributed by atoms with E-state index in [4.69, 9.17) is 28.4 Å². The first-order valence-electron chi connectivity index (χ1n) is 13.4. The molecule has 3 rings (SSSR count). The second kappa shape index (κ2) is 14.9. The minimum Gasteiger partial charge on any atom is -0.493 e. The summed E-state index contributed by atoms with van der Waals surface area (Å²) in [6.45, 7) is 3.89. The summed E-state index contributed by atoms with van der Waals surface area (Å²) in [5.41, 5.74) is 1.51. The van der Waals surface area contributed by atoms with Gasteiger partial charge in [-0.3, -0.25) is 4.79 Å². The van der Waals surface area contributed by atoms with Gasteiger partial charge >= 0.3 is 0 Å². The third-order valence-corrected chi connectivity index (χ3v) is 8.78. The zero-order valence-electron chi connectivity index (χ0n) is 23.8. The van der Waals surface area contributed by atoms with Crippen molar-refractivity contribution in [2.24, 2.45) is 0 Å². The van der Waals surface area contributed by atoms with Gasteiger partial charge in [-0.2, -0.15) is 0 Å². The van der Waals surface area contributed by atoms with Crippen LogP contribution in [0.25, 0.3) is 0 Å². The zero-order valence-corrected chi connectivity index (χ0v) is 26.2. The number of benzene rings is 2. The molecule has 0 N–H and O–H groups in total. The zero-order chi connectivity index (χ0) is 29.3. The number of sulfone groups is 1. The Hall–Kier alpha value is -2.50. The van der Waals surface area contributed by atoms with Crippen molar-refractivity contribution in [1.82, 2.24) is 0 Å². The molecule has 40 heavy (non-hydrogen) atoms. The Morgan fingerprint density at radius 2 is 1.48 bits per heavy atom. The van der Waals surface area contributed by atoms with Crippen molar-refractivity contribution in [3.63, 3.8) is 0 Å². The van der Waals surface area contributed by atoms with Gasteiger partial charge in [-0.25, -0.2) is 8.42 Å². The standard InChI is InChI=1S/C29H39BrO9S/c1-6-12-38-29-26(37-13-8-7-11-30)16-21(17-27(29)40(32,33)18-19(2)31)23-10-9-22(39-23)20-14-24(34-3)28(36-5)25(15-20)35-4/h14-17,22-23H,6-13,18H2,1-5H3/t22-,23-/m1/s1. The van der Waals surface area contributed by atoms with Crippen LogP contribution >= 0.6 is 15.9 Å². The molecule has 2 aromatic carbocycles. The van der Waals surface area contributed by atoms with Crippen molar-refractivity contribution < 1.29 is 41.6 Å². The molecule has 0 aromatic heterocycles. The van der Waals surface area contributed by atoms with Crippen molar-refractivity contribution in [1.29, 1.82) is 0 Å². The maximum Gasteiger partial charge on any atom is 0.203 e. The van der Waals surface area contributed by atoms with Gasteiger partial charge in [-0.1, -0.05) is 22.9 Å². The molecule has 0 bridgehead atoms. The maximum atomic E-state index is 13.4. The Morgan fingerprint density at radius 1 is 0.875 bits per heavy atom. The fraction of sp³-hybridized carbons (Fsp3) is 0.552. The molecular weight excluding hydrogens is 604 g/mol. The number of alkyl halides is 1. The van der Waals surface area contributed by atoms with E-state index in [1.54, 1.807) is 33.5 Å². The van der Waals surface area contributed by atoms with E-state index in [0.29, 0.717) is 61.0 Å². The van der Waals surface area contributed by atoms with Crippen LogP contribution in [0.4, 0.5) is 0 Å². The summed E-state index contributed by atoms with van der Waals surface area (Å²) < 4.78 is 61.6. The molecule has 11 heteroatoms. The van der Waals surface area contributed by atoms with Crippen LogP contribution in [0, 0.1) is 0 Å². The van der Waals surface area contributed by atoms with E-state index in [1.807, 2.05) is 19.1 Å². The van der Waals surface area contributed by atoms with E-state index in [2.05, 4.69) is 15.9 Å². The molecule has 2 aromatic rings. The molecule has 0 radical (unpaired) electrons. The SMILES string of the molecule is CCCOc1c(OCCCCBr)cc([C@H]2CC[C@H](c3cc(OC)c(OC)c(OC)c3)O2)cc1S(=O)(=O)CC(C)=O. The van der Waals surface area contributed by atoms with Gasteiger partial charge in [-0.05, 0) is 74.4 Å². The van der Waals surface area contributed by atoms with Crippen molar-refractivity contribution in [2.75, 3.05) is 45.6 Å². The highest BCUT2D eigenvalue weighted by Gasteiger charge is 2.33. The Labute approximate surface area is 245 Å². The fourth-order valence-electron chi connectivity index (χ4n) is 4.61. The van der Waals surface area contributed by atoms with Crippen LogP contribution in [0.15, 0.2) is 29.2 Å². The Balaban J connectivity index is 2.02. The number of hydrogen-bond acceptors (Lipinski definition) is 9. The van der Waals surface area contributed by atoms with Gasteiger partial charge in [0.15, 0.2) is 32.8 Å². The number of Topliss-reactive ketones (excluding diaryl/α,β-unsaturated/α-hetero) is 1. The molecule has 0 saturated carbocycles. The number of ether oxygens (including phenoxy) is 6. The number of carbonyl (C=O) groups is 1. The van der Waals surface area contributed by atoms with Gasteiger partial charge in [0.25, 0.3) is 0 Å². The number of halogens is 1. The third kappa shape index (κ3) is 7.82. The van der Waals surface area contributed by atoms with E-state index in [-0.39, 0.29) is 16.7 Å². The maximum absolute atomic E-state index is 13.4. The number of methoxy groups -OCH3 is 3. The lowest BCUT2D eigenvalue weighted by atomic mass is 10.0. The first-order chi connectivity index (χ1) is 19.2. The number of hydrogen-bond donors (Lipinski definition) is 0. The van der Waals surface area contributed by atoms with Gasteiger partial charge < -0.3 is 28.4 Å². The van der Waals surface area contributed by atoms with E-state index in [0.717, 1.165) is 23.7 Å². The highest BCUT2D eigenvalue weighted by atomic mass is 79.9. The highest BCUT2D eigenvalue weighted by Crippen LogP contribution is 2.48. The van der Waals surface area contributed by atoms with Gasteiger partial charge in [0.1, 0.15) is 16.4 Å². The Bertz CT molecular complexity index is 1240. The molecule has 222 valence electrons. The fourth-order valence-corrected chi connectivity index (χ4v) is 6.45. The normalized spacial score (nSPS) is 16.9. The lowest BCUT2D eigenvalue weighted by Gasteiger charge is -2.21. The quantitative estimate of drug-likeness (QED) is 0.161. The van der Waals surface area contributed by atoms with Crippen LogP contribution in [0.3, 0.4) is 0 Å². The molecule has 0 amide bonds. The van der Waals surface area contributed by atoms with Crippen LogP contribution in [-0.2, 0) is 19.4 Å². The molecular formula is C29H39BrO9S. The van der Waals surface area contributed by atoms with Crippen LogP contribution in [0.1, 0.15) is 69.3 Å². The molecule has 1 aliphatic rings. The molecule has 2 atom stereocenters. The van der Waals surface area contributed by atoms with Crippen molar-refractivity contribution >= 4 is 31.6 Å². The second-order valence-corrected chi connectivity index (χ2v) is 12.3. The lowest BCUT2D eigenvalue weighted by molar-refractivity contribution is -0.114. The minimum absolute atomic E-state index is 0.0519. The monoisotopic (exact) mass is 642 g/mol. The topological polar surface area (TPSA) is 107 Å². The summed E-state index contributed by atoms with van der Waals surface area (Å²) in [4.78, 5) is 11.8. The number of ketones is 1. The second-order valence-electron chi connectivity index (χ2n) is 9.55. The Kier molecular flexibility index (Phi) is 12.0. The predicted octanol–water partition coefficient (Wildman–Crippen LogP) is 6.01. The molecule has 1 aliphatic heterocycles. The summed E-state index contributed by atoms with van der Waals surface area (Å²) in [7, 11) is 0.682. The van der Waals surface area contributed by atoms with E-state index in [1.165, 1.54) is 6.92 Å². The third-order valence-electron chi connectivity index (χ3n) is 6.46. The summed E-state index contributed by atoms with van der Waals surface area (Å²) >= 11 is 3.42. The molecule has 9 nitrogen and oxygen atoms in total.